The van der Waals surface area contributed by atoms with E-state index in [1.807, 2.05) is 31.7 Å². The highest BCUT2D eigenvalue weighted by molar-refractivity contribution is 5.98. The van der Waals surface area contributed by atoms with Gasteiger partial charge in [0.1, 0.15) is 23.1 Å². The first kappa shape index (κ1) is 19.6. The predicted molar refractivity (Wildman–Crippen MR) is 104 cm³/mol. The molecule has 1 saturated heterocycles. The fraction of sp³-hybridized carbons (Fsp3) is 0.400. The summed E-state index contributed by atoms with van der Waals surface area (Å²) in [6, 6.07) is 5.43. The number of ether oxygens (including phenoxy) is 2. The highest BCUT2D eigenvalue weighted by atomic mass is 16.5. The van der Waals surface area contributed by atoms with Crippen LogP contribution in [0.2, 0.25) is 0 Å². The molecule has 2 aromatic heterocycles. The summed E-state index contributed by atoms with van der Waals surface area (Å²) >= 11 is 0. The molecule has 0 amide bonds. The molecule has 146 valence electrons. The second kappa shape index (κ2) is 7.82. The number of anilines is 1. The van der Waals surface area contributed by atoms with Gasteiger partial charge in [0.15, 0.2) is 0 Å². The normalized spacial score (nSPS) is 20.1. The third-order valence-electron chi connectivity index (χ3n) is 4.60. The van der Waals surface area contributed by atoms with E-state index in [4.69, 9.17) is 9.72 Å². The van der Waals surface area contributed by atoms with E-state index in [1.54, 1.807) is 18.3 Å². The van der Waals surface area contributed by atoms with Gasteiger partial charge in [-0.1, -0.05) is 6.07 Å². The molecule has 8 heteroatoms. The topological polar surface area (TPSA) is 96.9 Å². The van der Waals surface area contributed by atoms with Gasteiger partial charge in [-0.25, -0.2) is 9.78 Å². The van der Waals surface area contributed by atoms with Gasteiger partial charge in [-0.2, -0.15) is 5.26 Å². The smallest absolute Gasteiger partial charge is 0.348 e. The van der Waals surface area contributed by atoms with Gasteiger partial charge in [0.25, 0.3) is 5.56 Å². The maximum Gasteiger partial charge on any atom is 0.348 e. The fourth-order valence-corrected chi connectivity index (χ4v) is 3.41. The number of fused-ring (bicyclic) bond motifs is 1. The largest absolute Gasteiger partial charge is 0.465 e. The Bertz CT molecular complexity index is 1040. The van der Waals surface area contributed by atoms with Crippen molar-refractivity contribution in [2.75, 3.05) is 25.1 Å². The lowest BCUT2D eigenvalue weighted by Gasteiger charge is -2.36. The van der Waals surface area contributed by atoms with Crippen molar-refractivity contribution in [2.24, 2.45) is 0 Å². The van der Waals surface area contributed by atoms with Crippen LogP contribution < -0.4 is 10.5 Å². The number of hydrogen-bond donors (Lipinski definition) is 0. The minimum Gasteiger partial charge on any atom is -0.465 e. The molecule has 0 aliphatic carbocycles. The molecule has 0 spiro atoms. The molecule has 3 heterocycles. The zero-order valence-electron chi connectivity index (χ0n) is 16.3. The first-order valence-electron chi connectivity index (χ1n) is 8.98. The fourth-order valence-electron chi connectivity index (χ4n) is 3.41. The molecule has 3 rings (SSSR count). The van der Waals surface area contributed by atoms with E-state index < -0.39 is 5.97 Å². The molecule has 0 saturated carbocycles. The highest BCUT2D eigenvalue weighted by Gasteiger charge is 2.27. The Morgan fingerprint density at radius 1 is 1.39 bits per heavy atom. The summed E-state index contributed by atoms with van der Waals surface area (Å²) in [6.07, 6.45) is 2.78. The summed E-state index contributed by atoms with van der Waals surface area (Å²) in [5.74, 6) is -0.371. The lowest BCUT2D eigenvalue weighted by molar-refractivity contribution is -0.135. The minimum absolute atomic E-state index is 0.0475. The molecule has 0 bridgehead atoms. The monoisotopic (exact) mass is 382 g/mol. The summed E-state index contributed by atoms with van der Waals surface area (Å²) in [4.78, 5) is 31.8. The highest BCUT2D eigenvalue weighted by Crippen LogP contribution is 2.24. The molecule has 1 aliphatic heterocycles. The van der Waals surface area contributed by atoms with E-state index in [9.17, 15) is 14.9 Å². The number of pyridine rings is 1. The molecule has 2 atom stereocenters. The number of esters is 1. The molecule has 1 aliphatic rings. The zero-order valence-corrected chi connectivity index (χ0v) is 16.3. The average Bonchev–Trinajstić information content (AvgIpc) is 2.66. The maximum absolute atomic E-state index is 13.2. The Morgan fingerprint density at radius 3 is 2.68 bits per heavy atom. The minimum atomic E-state index is -0.800. The maximum atomic E-state index is 13.2. The van der Waals surface area contributed by atoms with Crippen LogP contribution in [-0.4, -0.2) is 47.8 Å². The van der Waals surface area contributed by atoms with Crippen molar-refractivity contribution in [3.63, 3.8) is 0 Å². The Kier molecular flexibility index (Phi) is 5.47. The summed E-state index contributed by atoms with van der Waals surface area (Å²) in [5, 5.41) is 9.34. The van der Waals surface area contributed by atoms with Crippen molar-refractivity contribution in [2.45, 2.75) is 33.0 Å². The van der Waals surface area contributed by atoms with Crippen LogP contribution in [0.3, 0.4) is 0 Å². The van der Waals surface area contributed by atoms with Crippen LogP contribution in [0, 0.1) is 18.3 Å². The van der Waals surface area contributed by atoms with Crippen molar-refractivity contribution in [1.29, 1.82) is 5.26 Å². The van der Waals surface area contributed by atoms with Gasteiger partial charge < -0.3 is 14.4 Å². The third kappa shape index (κ3) is 3.62. The summed E-state index contributed by atoms with van der Waals surface area (Å²) in [6.45, 7) is 6.86. The number of aromatic nitrogens is 2. The van der Waals surface area contributed by atoms with Crippen LogP contribution in [0.1, 0.15) is 25.0 Å². The molecule has 28 heavy (non-hydrogen) atoms. The van der Waals surface area contributed by atoms with Gasteiger partial charge in [-0.15, -0.1) is 0 Å². The quantitative estimate of drug-likeness (QED) is 0.453. The molecule has 1 fully saturated rings. The van der Waals surface area contributed by atoms with E-state index in [0.717, 1.165) is 5.56 Å². The van der Waals surface area contributed by atoms with E-state index in [1.165, 1.54) is 17.6 Å². The lowest BCUT2D eigenvalue weighted by Crippen LogP contribution is -2.46. The van der Waals surface area contributed by atoms with Crippen molar-refractivity contribution in [3.05, 3.63) is 45.4 Å². The third-order valence-corrected chi connectivity index (χ3v) is 4.60. The standard InChI is InChI=1S/C20H22N4O4/c1-12-6-5-7-24-17(12)22-18(23-10-13(2)28-14(3)11-23)16(19(24)25)8-15(9-21)20(26)27-4/h5-8,13-14H,10-11H2,1-4H3/b15-8+/t13-,14+. The van der Waals surface area contributed by atoms with Crippen LogP contribution in [0.25, 0.3) is 11.7 Å². The first-order valence-corrected chi connectivity index (χ1v) is 8.98. The van der Waals surface area contributed by atoms with Crippen molar-refractivity contribution in [1.82, 2.24) is 9.38 Å². The number of aryl methyl sites for hydroxylation is 1. The molecule has 2 aromatic rings. The SMILES string of the molecule is COC(=O)/C(C#N)=C/c1c(N2C[C@@H](C)O[C@@H](C)C2)nc2c(C)cccn2c1=O. The van der Waals surface area contributed by atoms with E-state index in [-0.39, 0.29) is 28.9 Å². The predicted octanol–water partition coefficient (Wildman–Crippen LogP) is 1.70. The lowest BCUT2D eigenvalue weighted by atomic mass is 10.1. The van der Waals surface area contributed by atoms with Crippen LogP contribution >= 0.6 is 0 Å². The van der Waals surface area contributed by atoms with E-state index in [2.05, 4.69) is 4.74 Å². The number of methoxy groups -OCH3 is 1. The van der Waals surface area contributed by atoms with Gasteiger partial charge in [0, 0.05) is 19.3 Å². The summed E-state index contributed by atoms with van der Waals surface area (Å²) in [5.41, 5.74) is 0.936. The second-order valence-electron chi connectivity index (χ2n) is 6.86. The molecular formula is C20H22N4O4. The molecule has 0 unspecified atom stereocenters. The summed E-state index contributed by atoms with van der Waals surface area (Å²) in [7, 11) is 1.19. The molecular weight excluding hydrogens is 360 g/mol. The Labute approximate surface area is 162 Å². The summed E-state index contributed by atoms with van der Waals surface area (Å²) < 4.78 is 11.9. The van der Waals surface area contributed by atoms with Gasteiger partial charge in [0.2, 0.25) is 0 Å². The molecule has 8 nitrogen and oxygen atoms in total. The molecule has 0 radical (unpaired) electrons. The Balaban J connectivity index is 2.30. The van der Waals surface area contributed by atoms with Crippen LogP contribution in [0.15, 0.2) is 28.7 Å². The van der Waals surface area contributed by atoms with Crippen LogP contribution in [-0.2, 0) is 14.3 Å². The second-order valence-corrected chi connectivity index (χ2v) is 6.86. The van der Waals surface area contributed by atoms with Crippen molar-refractivity contribution < 1.29 is 14.3 Å². The molecule has 0 N–H and O–H groups in total. The number of rotatable bonds is 3. The van der Waals surface area contributed by atoms with Gasteiger partial charge in [-0.05, 0) is 38.5 Å². The number of nitriles is 1. The van der Waals surface area contributed by atoms with E-state index in [0.29, 0.717) is 24.6 Å². The van der Waals surface area contributed by atoms with Crippen LogP contribution in [0.5, 0.6) is 0 Å². The molecule has 0 aromatic carbocycles. The first-order chi connectivity index (χ1) is 13.3. The van der Waals surface area contributed by atoms with Crippen molar-refractivity contribution in [3.8, 4) is 6.07 Å². The van der Waals surface area contributed by atoms with Gasteiger partial charge in [0.05, 0.1) is 24.9 Å². The van der Waals surface area contributed by atoms with Crippen molar-refractivity contribution >= 4 is 23.5 Å². The number of nitrogens with zero attached hydrogens (tertiary/aromatic N) is 4. The van der Waals surface area contributed by atoms with Gasteiger partial charge >= 0.3 is 5.97 Å². The number of morpholine rings is 1. The zero-order chi connectivity index (χ0) is 20.4. The Hall–Kier alpha value is -3.18. The number of hydrogen-bond acceptors (Lipinski definition) is 7. The Morgan fingerprint density at radius 2 is 2.07 bits per heavy atom. The average molecular weight is 382 g/mol. The van der Waals surface area contributed by atoms with Gasteiger partial charge in [-0.3, -0.25) is 9.20 Å². The number of carbonyl (C=O) groups excluding carboxylic acids is 1. The van der Waals surface area contributed by atoms with Crippen LogP contribution in [0.4, 0.5) is 5.82 Å². The van der Waals surface area contributed by atoms with E-state index >= 15 is 0 Å². The number of carbonyl (C=O) groups is 1.